The lowest BCUT2D eigenvalue weighted by Gasteiger charge is -2.22. The van der Waals surface area contributed by atoms with Gasteiger partial charge in [0.25, 0.3) is 0 Å². The predicted molar refractivity (Wildman–Crippen MR) is 61.2 cm³/mol. The van der Waals surface area contributed by atoms with E-state index in [1.165, 1.54) is 4.63 Å². The molecule has 1 N–H and O–H groups in total. The van der Waals surface area contributed by atoms with Gasteiger partial charge >= 0.3 is 5.97 Å². The minimum atomic E-state index is -0.802. The van der Waals surface area contributed by atoms with Gasteiger partial charge in [-0.2, -0.15) is 0 Å². The summed E-state index contributed by atoms with van der Waals surface area (Å²) in [6.07, 6.45) is 2.26. The highest BCUT2D eigenvalue weighted by molar-refractivity contribution is 5.67. The Balaban J connectivity index is 1.85. The second-order valence-electron chi connectivity index (χ2n) is 4.29. The molecule has 0 bridgehead atoms. The molecule has 8 nitrogen and oxygen atoms in total. The van der Waals surface area contributed by atoms with Crippen molar-refractivity contribution in [2.45, 2.75) is 25.3 Å². The van der Waals surface area contributed by atoms with Crippen molar-refractivity contribution < 1.29 is 9.90 Å². The molecule has 3 rings (SSSR count). The van der Waals surface area contributed by atoms with Crippen LogP contribution < -0.4 is 4.90 Å². The molecule has 1 fully saturated rings. The molecular weight excluding hydrogens is 236 g/mol. The summed E-state index contributed by atoms with van der Waals surface area (Å²) in [5.41, 5.74) is 0.577. The highest BCUT2D eigenvalue weighted by Crippen LogP contribution is 2.30. The quantitative estimate of drug-likeness (QED) is 0.793. The van der Waals surface area contributed by atoms with E-state index < -0.39 is 5.97 Å². The average Bonchev–Trinajstić information content (AvgIpc) is 3.07. The molecule has 8 heteroatoms. The molecule has 0 radical (unpaired) electrons. The van der Waals surface area contributed by atoms with E-state index in [2.05, 4.69) is 20.6 Å². The van der Waals surface area contributed by atoms with Crippen molar-refractivity contribution in [1.29, 1.82) is 0 Å². The van der Waals surface area contributed by atoms with Crippen molar-refractivity contribution in [3.63, 3.8) is 0 Å². The second-order valence-corrected chi connectivity index (χ2v) is 4.29. The lowest BCUT2D eigenvalue weighted by molar-refractivity contribution is -0.136. The Bertz CT molecular complexity index is 579. The monoisotopic (exact) mass is 248 g/mol. The van der Waals surface area contributed by atoms with Gasteiger partial charge in [0.05, 0.1) is 6.42 Å². The van der Waals surface area contributed by atoms with E-state index in [4.69, 9.17) is 5.11 Å². The lowest BCUT2D eigenvalue weighted by Crippen LogP contribution is -2.29. The van der Waals surface area contributed by atoms with Crippen molar-refractivity contribution in [2.24, 2.45) is 0 Å². The maximum Gasteiger partial charge on any atom is 0.305 e. The summed E-state index contributed by atoms with van der Waals surface area (Å²) in [4.78, 5) is 12.7. The van der Waals surface area contributed by atoms with Gasteiger partial charge in [0.1, 0.15) is 0 Å². The zero-order valence-electron chi connectivity index (χ0n) is 9.60. The van der Waals surface area contributed by atoms with E-state index in [1.807, 2.05) is 11.0 Å². The van der Waals surface area contributed by atoms with Crippen molar-refractivity contribution in [3.8, 4) is 0 Å². The van der Waals surface area contributed by atoms with Gasteiger partial charge in [-0.25, -0.2) is 0 Å². The Hall–Kier alpha value is -2.25. The number of aliphatic carboxylic acids is 1. The number of carboxylic acid groups (broad SMARTS) is 1. The Labute approximate surface area is 102 Å². The summed E-state index contributed by atoms with van der Waals surface area (Å²) in [6.45, 7) is 0.459. The molecule has 2 heterocycles. The molecule has 0 aliphatic heterocycles. The first-order chi connectivity index (χ1) is 8.74. The van der Waals surface area contributed by atoms with Gasteiger partial charge in [-0.15, -0.1) is 14.8 Å². The van der Waals surface area contributed by atoms with Crippen LogP contribution in [-0.2, 0) is 4.79 Å². The van der Waals surface area contributed by atoms with Crippen LogP contribution in [0.3, 0.4) is 0 Å². The van der Waals surface area contributed by atoms with Crippen LogP contribution >= 0.6 is 0 Å². The molecule has 18 heavy (non-hydrogen) atoms. The Morgan fingerprint density at radius 1 is 1.50 bits per heavy atom. The van der Waals surface area contributed by atoms with Crippen molar-refractivity contribution in [3.05, 3.63) is 12.1 Å². The topological polar surface area (TPSA) is 96.5 Å². The molecule has 2 aromatic heterocycles. The summed E-state index contributed by atoms with van der Waals surface area (Å²) in [6, 6.07) is 4.00. The fraction of sp³-hybridized carbons (Fsp3) is 0.500. The highest BCUT2D eigenvalue weighted by atomic mass is 16.4. The number of fused-ring (bicyclic) bond motifs is 1. The third-order valence-electron chi connectivity index (χ3n) is 2.90. The SMILES string of the molecule is O=C(O)CCN(c1ccc2nnnn2n1)C1CC1. The Morgan fingerprint density at radius 3 is 3.06 bits per heavy atom. The van der Waals surface area contributed by atoms with E-state index in [0.717, 1.165) is 18.7 Å². The maximum absolute atomic E-state index is 10.7. The van der Waals surface area contributed by atoms with Crippen LogP contribution in [0.25, 0.3) is 5.65 Å². The molecule has 0 aromatic carbocycles. The molecule has 1 aliphatic rings. The number of nitrogens with zero attached hydrogens (tertiary/aromatic N) is 6. The van der Waals surface area contributed by atoms with E-state index in [-0.39, 0.29) is 6.42 Å². The molecule has 0 saturated heterocycles. The first kappa shape index (κ1) is 10.9. The molecule has 1 aliphatic carbocycles. The van der Waals surface area contributed by atoms with Gasteiger partial charge < -0.3 is 10.0 Å². The van der Waals surface area contributed by atoms with E-state index in [0.29, 0.717) is 18.2 Å². The van der Waals surface area contributed by atoms with Gasteiger partial charge in [-0.3, -0.25) is 4.79 Å². The van der Waals surface area contributed by atoms with Crippen LogP contribution in [0.15, 0.2) is 12.1 Å². The first-order valence-corrected chi connectivity index (χ1v) is 5.78. The van der Waals surface area contributed by atoms with Crippen LogP contribution in [0.1, 0.15) is 19.3 Å². The number of hydrogen-bond acceptors (Lipinski definition) is 6. The summed E-state index contributed by atoms with van der Waals surface area (Å²) in [5.74, 6) is -0.0808. The summed E-state index contributed by atoms with van der Waals surface area (Å²) >= 11 is 0. The fourth-order valence-corrected chi connectivity index (χ4v) is 1.88. The number of carbonyl (C=O) groups is 1. The van der Waals surface area contributed by atoms with Gasteiger partial charge in [0, 0.05) is 12.6 Å². The molecule has 2 aromatic rings. The van der Waals surface area contributed by atoms with Crippen LogP contribution in [0.5, 0.6) is 0 Å². The number of aromatic nitrogens is 5. The molecule has 0 amide bonds. The van der Waals surface area contributed by atoms with Gasteiger partial charge in [-0.1, -0.05) is 0 Å². The van der Waals surface area contributed by atoms with Crippen LogP contribution in [0, 0.1) is 0 Å². The van der Waals surface area contributed by atoms with Crippen LogP contribution in [0.4, 0.5) is 5.82 Å². The third-order valence-corrected chi connectivity index (χ3v) is 2.90. The summed E-state index contributed by atoms with van der Waals surface area (Å²) in [5, 5.41) is 24.1. The molecule has 0 unspecified atom stereocenters. The largest absolute Gasteiger partial charge is 0.481 e. The predicted octanol–water partition coefficient (Wildman–Crippen LogP) is -0.0372. The first-order valence-electron chi connectivity index (χ1n) is 5.78. The smallest absolute Gasteiger partial charge is 0.305 e. The normalized spacial score (nSPS) is 14.9. The maximum atomic E-state index is 10.7. The van der Waals surface area contributed by atoms with Crippen molar-refractivity contribution in [1.82, 2.24) is 25.3 Å². The number of rotatable bonds is 5. The highest BCUT2D eigenvalue weighted by Gasteiger charge is 2.30. The minimum absolute atomic E-state index is 0.103. The Kier molecular flexibility index (Phi) is 2.54. The van der Waals surface area contributed by atoms with Crippen molar-refractivity contribution in [2.75, 3.05) is 11.4 Å². The molecule has 0 atom stereocenters. The summed E-state index contributed by atoms with van der Waals surface area (Å²) in [7, 11) is 0. The fourth-order valence-electron chi connectivity index (χ4n) is 1.88. The van der Waals surface area contributed by atoms with E-state index >= 15 is 0 Å². The number of carboxylic acids is 1. The third kappa shape index (κ3) is 2.08. The lowest BCUT2D eigenvalue weighted by atomic mass is 10.3. The minimum Gasteiger partial charge on any atom is -0.481 e. The average molecular weight is 248 g/mol. The molecular formula is C10H12N6O2. The van der Waals surface area contributed by atoms with E-state index in [9.17, 15) is 4.79 Å². The Morgan fingerprint density at radius 2 is 2.33 bits per heavy atom. The number of anilines is 1. The van der Waals surface area contributed by atoms with Gasteiger partial charge in [0.15, 0.2) is 11.5 Å². The molecule has 0 spiro atoms. The zero-order chi connectivity index (χ0) is 12.5. The second kappa shape index (κ2) is 4.21. The van der Waals surface area contributed by atoms with Crippen molar-refractivity contribution >= 4 is 17.4 Å². The van der Waals surface area contributed by atoms with Gasteiger partial charge in [0.2, 0.25) is 0 Å². The molecule has 1 saturated carbocycles. The number of tetrazole rings is 1. The van der Waals surface area contributed by atoms with Gasteiger partial charge in [-0.05, 0) is 35.4 Å². The zero-order valence-corrected chi connectivity index (χ0v) is 9.60. The summed E-state index contributed by atoms with van der Waals surface area (Å²) < 4.78 is 1.35. The standard InChI is InChI=1S/C10H12N6O2/c17-10(18)5-6-15(7-1-2-7)9-4-3-8-11-13-14-16(8)12-9/h3-4,7H,1-2,5-6H2,(H,17,18). The van der Waals surface area contributed by atoms with E-state index in [1.54, 1.807) is 6.07 Å². The van der Waals surface area contributed by atoms with Crippen LogP contribution in [-0.4, -0.2) is 48.9 Å². The number of hydrogen-bond donors (Lipinski definition) is 1. The van der Waals surface area contributed by atoms with Crippen LogP contribution in [0.2, 0.25) is 0 Å². The molecule has 94 valence electrons.